The molecule has 1 fully saturated rings. The molecule has 4 aromatic rings. The molecule has 1 aliphatic rings. The van der Waals surface area contributed by atoms with E-state index >= 15 is 0 Å². The first-order valence-electron chi connectivity index (χ1n) is 21.3. The summed E-state index contributed by atoms with van der Waals surface area (Å²) in [6, 6.07) is 6.36. The average Bonchev–Trinajstić information content (AvgIpc) is 4.08. The number of imidazole rings is 1. The van der Waals surface area contributed by atoms with Crippen LogP contribution >= 0.6 is 0 Å². The Kier molecular flexibility index (Phi) is 21.3. The summed E-state index contributed by atoms with van der Waals surface area (Å²) in [5, 5.41) is 120. The number of halogens is 6. The van der Waals surface area contributed by atoms with Gasteiger partial charge in [-0.1, -0.05) is 0 Å². The molecule has 71 heavy (non-hydrogen) atoms. The summed E-state index contributed by atoms with van der Waals surface area (Å²) in [6.45, 7) is 2.67. The smallest absolute Gasteiger partial charge is 0.490 e. The average molecular weight is 1030 g/mol. The third-order valence-electron chi connectivity index (χ3n) is 11.0. The van der Waals surface area contributed by atoms with Gasteiger partial charge in [0.15, 0.2) is 28.2 Å². The first-order valence-corrected chi connectivity index (χ1v) is 21.3. The van der Waals surface area contributed by atoms with E-state index in [-0.39, 0.29) is 37.1 Å². The number of nitrogens with zero attached hydrogens (tertiary/aromatic N) is 6. The third-order valence-corrected chi connectivity index (χ3v) is 11.0. The second kappa shape index (κ2) is 25.5. The number of aryl methyl sites for hydroxylation is 2. The van der Waals surface area contributed by atoms with Gasteiger partial charge in [-0.25, -0.2) is 23.9 Å². The molecule has 1 aliphatic heterocycles. The van der Waals surface area contributed by atoms with Gasteiger partial charge in [-0.05, 0) is 38.5 Å². The lowest BCUT2D eigenvalue weighted by Crippen LogP contribution is -2.55. The summed E-state index contributed by atoms with van der Waals surface area (Å²) >= 11 is 0. The normalized spacial score (nSPS) is 17.6. The number of H-pyrrole nitrogens is 1. The molecule has 0 spiro atoms. The number of aromatic nitrogens is 5. The highest BCUT2D eigenvalue weighted by atomic mass is 19.4. The molecule has 0 radical (unpaired) electrons. The summed E-state index contributed by atoms with van der Waals surface area (Å²) in [4.78, 5) is 59.4. The number of likely N-dealkylation sites (tertiary alicyclic amines) is 1. The van der Waals surface area contributed by atoms with Crippen LogP contribution in [0.2, 0.25) is 0 Å². The molecule has 25 nitrogen and oxygen atoms in total. The maximum Gasteiger partial charge on any atom is 0.490 e. The fourth-order valence-electron chi connectivity index (χ4n) is 7.32. The largest absolute Gasteiger partial charge is 0.542 e. The van der Waals surface area contributed by atoms with Crippen LogP contribution in [0.5, 0.6) is 0 Å². The van der Waals surface area contributed by atoms with Crippen molar-refractivity contribution in [2.75, 3.05) is 45.1 Å². The van der Waals surface area contributed by atoms with E-state index in [9.17, 15) is 87.0 Å². The molecule has 8 unspecified atom stereocenters. The van der Waals surface area contributed by atoms with Crippen LogP contribution in [0.25, 0.3) is 22.2 Å². The Labute approximate surface area is 397 Å². The lowest BCUT2D eigenvalue weighted by molar-refractivity contribution is -0.676. The summed E-state index contributed by atoms with van der Waals surface area (Å²) in [5.74, 6) is -5.87. The minimum atomic E-state index is -5.19. The molecule has 9 atom stereocenters. The number of aromatic amines is 1. The Morgan fingerprint density at radius 1 is 0.873 bits per heavy atom. The van der Waals surface area contributed by atoms with Gasteiger partial charge in [0.1, 0.15) is 54.7 Å². The van der Waals surface area contributed by atoms with Gasteiger partial charge in [0.25, 0.3) is 17.6 Å². The standard InChI is InChI=1S/C36H53N9O12.2C2HF3O2/c1-3-44-21-6-5-18(11-22(21)45(4-2)27(44)12-39-35(56)28-33(37)41-34-20(40-28)7-9-38-34)36(57)42-10-8-19(13-42)43(14-23(48)29(52)31(54)25(50)16-46)15-24(49)30(53)32(55)26(51)17-47;2*3-2(4,5)1(6)7/h5-7,9,11,19,23-26,29-32,46-55H,3-4,8,10,12-17H2,1-2H3,(H3-,37,38,39,40,41,56);2*(H,6,7)/t19-,23?,24?,25?,26?,29?,30?,31?,32?;;/m1../s1. The Balaban J connectivity index is 0.000000829. The zero-order valence-corrected chi connectivity index (χ0v) is 37.6. The molecule has 0 aliphatic carbocycles. The van der Waals surface area contributed by atoms with Crippen molar-refractivity contribution in [2.45, 2.75) is 107 Å². The van der Waals surface area contributed by atoms with Crippen molar-refractivity contribution in [3.05, 3.63) is 47.5 Å². The lowest BCUT2D eigenvalue weighted by atomic mass is 10.00. The molecular weight excluding hydrogens is 976 g/mol. The molecule has 4 heterocycles. The number of hydrogen-bond donors (Lipinski definition) is 14. The predicted molar refractivity (Wildman–Crippen MR) is 226 cm³/mol. The second-order valence-electron chi connectivity index (χ2n) is 15.8. The van der Waals surface area contributed by atoms with Gasteiger partial charge < -0.3 is 87.0 Å². The summed E-state index contributed by atoms with van der Waals surface area (Å²) in [5.41, 5.74) is 8.89. The van der Waals surface area contributed by atoms with Gasteiger partial charge in [-0.15, -0.1) is 0 Å². The number of nitrogens with one attached hydrogen (secondary N) is 2. The van der Waals surface area contributed by atoms with Crippen LogP contribution in [0.4, 0.5) is 32.2 Å². The number of hydrogen-bond acceptors (Lipinski definition) is 19. The first kappa shape index (κ1) is 59.4. The van der Waals surface area contributed by atoms with Crippen LogP contribution in [0.1, 0.15) is 46.9 Å². The number of aliphatic carboxylic acids is 2. The Bertz CT molecular complexity index is 2370. The fraction of sp³-hybridized carbons (Fsp3) is 0.575. The van der Waals surface area contributed by atoms with Crippen molar-refractivity contribution >= 4 is 51.8 Å². The highest BCUT2D eigenvalue weighted by molar-refractivity contribution is 5.98. The SMILES string of the molecule is CCn1c(CNC(=O)c2nc3cc[nH]c3nc2N)[n+](CC)c2ccc(C(=O)N3CC[C@@H](N(CC(O)C(O)C(O)C(O)CO)CC(O)C(O)C(O)C(O)CO)C3)cc21.O=C(O)C(F)(F)F.O=C([O-])C(F)(F)F. The van der Waals surface area contributed by atoms with Crippen molar-refractivity contribution in [3.8, 4) is 0 Å². The van der Waals surface area contributed by atoms with Gasteiger partial charge in [0.2, 0.25) is 0 Å². The maximum atomic E-state index is 14.0. The van der Waals surface area contributed by atoms with E-state index in [1.165, 1.54) is 4.90 Å². The second-order valence-corrected chi connectivity index (χ2v) is 15.8. The Hall–Kier alpha value is -5.87. The molecular formula is C40H55F6N9O16. The topological polar surface area (TPSA) is 409 Å². The number of carboxylic acids is 2. The Morgan fingerprint density at radius 3 is 1.86 bits per heavy atom. The number of nitrogens with two attached hydrogens (primary N) is 1. The summed E-state index contributed by atoms with van der Waals surface area (Å²) in [6.07, 6.45) is -23.1. The molecule has 1 saturated heterocycles. The van der Waals surface area contributed by atoms with Crippen LogP contribution < -0.4 is 20.7 Å². The van der Waals surface area contributed by atoms with Crippen LogP contribution in [0.3, 0.4) is 0 Å². The molecule has 5 rings (SSSR count). The highest BCUT2D eigenvalue weighted by Crippen LogP contribution is 2.24. The number of rotatable bonds is 19. The number of aliphatic hydroxyl groups excluding tert-OH is 10. The molecule has 3 aromatic heterocycles. The van der Waals surface area contributed by atoms with E-state index in [2.05, 4.69) is 20.3 Å². The number of carbonyl (C=O) groups is 4. The van der Waals surface area contributed by atoms with Crippen molar-refractivity contribution in [2.24, 2.45) is 0 Å². The minimum absolute atomic E-state index is 0.00720. The van der Waals surface area contributed by atoms with E-state index in [1.807, 2.05) is 29.0 Å². The first-order chi connectivity index (χ1) is 33.0. The number of aliphatic hydroxyl groups is 10. The Morgan fingerprint density at radius 2 is 1.39 bits per heavy atom. The number of fused-ring (bicyclic) bond motifs is 2. The number of alkyl halides is 6. The minimum Gasteiger partial charge on any atom is -0.542 e. The third kappa shape index (κ3) is 15.3. The predicted octanol–water partition coefficient (Wildman–Crippen LogP) is -4.93. The summed E-state index contributed by atoms with van der Waals surface area (Å²) < 4.78 is 67.3. The molecule has 398 valence electrons. The van der Waals surface area contributed by atoms with Crippen molar-refractivity contribution in [1.29, 1.82) is 0 Å². The monoisotopic (exact) mass is 1030 g/mol. The molecule has 1 aromatic carbocycles. The van der Waals surface area contributed by atoms with Crippen LogP contribution in [-0.4, -0.2) is 216 Å². The van der Waals surface area contributed by atoms with E-state index < -0.39 is 111 Å². The zero-order chi connectivity index (χ0) is 53.9. The van der Waals surface area contributed by atoms with E-state index in [0.29, 0.717) is 36.2 Å². The van der Waals surface area contributed by atoms with Crippen LogP contribution in [0, 0.1) is 0 Å². The maximum absolute atomic E-state index is 14.0. The molecule has 2 amide bonds. The van der Waals surface area contributed by atoms with Crippen molar-refractivity contribution in [1.82, 2.24) is 34.6 Å². The van der Waals surface area contributed by atoms with Gasteiger partial charge >= 0.3 is 18.3 Å². The van der Waals surface area contributed by atoms with Gasteiger partial charge in [0.05, 0.1) is 38.5 Å². The molecule has 31 heteroatoms. The number of carboxylic acid groups (broad SMARTS) is 2. The van der Waals surface area contributed by atoms with Gasteiger partial charge in [-0.2, -0.15) is 26.3 Å². The summed E-state index contributed by atoms with van der Waals surface area (Å²) in [7, 11) is 0. The molecule has 0 saturated carbocycles. The van der Waals surface area contributed by atoms with Crippen LogP contribution in [0.15, 0.2) is 30.5 Å². The van der Waals surface area contributed by atoms with E-state index in [0.717, 1.165) is 16.9 Å². The number of carbonyl (C=O) groups excluding carboxylic acids is 3. The zero-order valence-electron chi connectivity index (χ0n) is 37.6. The van der Waals surface area contributed by atoms with E-state index in [1.54, 1.807) is 29.3 Å². The van der Waals surface area contributed by atoms with Gasteiger partial charge in [-0.3, -0.25) is 14.5 Å². The molecule has 0 bridgehead atoms. The fourth-order valence-corrected chi connectivity index (χ4v) is 7.32. The quantitative estimate of drug-likeness (QED) is 0.0309. The van der Waals surface area contributed by atoms with Crippen molar-refractivity contribution < 1.29 is 111 Å². The lowest BCUT2D eigenvalue weighted by Gasteiger charge is -2.36. The van der Waals surface area contributed by atoms with E-state index in [4.69, 9.17) is 25.5 Å². The number of benzene rings is 1. The van der Waals surface area contributed by atoms with Crippen LogP contribution in [-0.2, 0) is 29.2 Å². The van der Waals surface area contributed by atoms with Crippen molar-refractivity contribution in [3.63, 3.8) is 0 Å². The number of nitrogen functional groups attached to an aromatic ring is 1. The highest BCUT2D eigenvalue weighted by Gasteiger charge is 2.40. The number of amides is 2. The van der Waals surface area contributed by atoms with Gasteiger partial charge in [0, 0.05) is 50.0 Å². The number of anilines is 1. The molecule has 15 N–H and O–H groups in total.